The van der Waals surface area contributed by atoms with Crippen molar-refractivity contribution >= 4 is 29.9 Å². The molecular formula is C19H34IN3O2. The number of nitrogens with one attached hydrogen (secondary N) is 1. The van der Waals surface area contributed by atoms with E-state index in [1.807, 2.05) is 30.3 Å². The maximum atomic E-state index is 9.85. The van der Waals surface area contributed by atoms with Crippen LogP contribution in [-0.2, 0) is 11.3 Å². The van der Waals surface area contributed by atoms with Crippen molar-refractivity contribution in [1.82, 2.24) is 5.32 Å². The lowest BCUT2D eigenvalue weighted by molar-refractivity contribution is 0.0331. The molecule has 0 saturated carbocycles. The third-order valence-electron chi connectivity index (χ3n) is 3.73. The summed E-state index contributed by atoms with van der Waals surface area (Å²) in [7, 11) is 0. The molecule has 25 heavy (non-hydrogen) atoms. The minimum Gasteiger partial charge on any atom is -0.389 e. The van der Waals surface area contributed by atoms with E-state index in [1.165, 1.54) is 32.1 Å². The average Bonchev–Trinajstić information content (AvgIpc) is 2.60. The van der Waals surface area contributed by atoms with Crippen molar-refractivity contribution in [3.8, 4) is 0 Å². The molecule has 0 aliphatic rings. The number of benzene rings is 1. The molecule has 1 atom stereocenters. The first-order valence-electron chi connectivity index (χ1n) is 9.06. The summed E-state index contributed by atoms with van der Waals surface area (Å²) >= 11 is 0. The van der Waals surface area contributed by atoms with E-state index in [-0.39, 0.29) is 37.1 Å². The van der Waals surface area contributed by atoms with Crippen molar-refractivity contribution < 1.29 is 9.84 Å². The quantitative estimate of drug-likeness (QED) is 0.181. The number of ether oxygens (including phenoxy) is 1. The van der Waals surface area contributed by atoms with E-state index in [1.54, 1.807) is 0 Å². The Bertz CT molecular complexity index is 444. The van der Waals surface area contributed by atoms with Crippen LogP contribution in [-0.4, -0.2) is 36.9 Å². The van der Waals surface area contributed by atoms with Gasteiger partial charge in [0.15, 0.2) is 5.96 Å². The first kappa shape index (κ1) is 24.1. The van der Waals surface area contributed by atoms with Crippen molar-refractivity contribution in [1.29, 1.82) is 0 Å². The van der Waals surface area contributed by atoms with Crippen LogP contribution in [0.1, 0.15) is 51.0 Å². The Morgan fingerprint density at radius 1 is 1.16 bits per heavy atom. The molecule has 5 nitrogen and oxygen atoms in total. The van der Waals surface area contributed by atoms with E-state index >= 15 is 0 Å². The number of rotatable bonds is 13. The van der Waals surface area contributed by atoms with Gasteiger partial charge >= 0.3 is 0 Å². The predicted octanol–water partition coefficient (Wildman–Crippen LogP) is 3.45. The van der Waals surface area contributed by atoms with Gasteiger partial charge < -0.3 is 20.9 Å². The number of halogens is 1. The van der Waals surface area contributed by atoms with Crippen LogP contribution in [0.3, 0.4) is 0 Å². The number of hydrogen-bond donors (Lipinski definition) is 3. The monoisotopic (exact) mass is 463 g/mol. The molecule has 1 rings (SSSR count). The van der Waals surface area contributed by atoms with E-state index in [4.69, 9.17) is 10.5 Å². The Morgan fingerprint density at radius 3 is 2.56 bits per heavy atom. The summed E-state index contributed by atoms with van der Waals surface area (Å²) < 4.78 is 5.48. The van der Waals surface area contributed by atoms with E-state index < -0.39 is 6.10 Å². The van der Waals surface area contributed by atoms with Gasteiger partial charge in [-0.25, -0.2) is 0 Å². The van der Waals surface area contributed by atoms with Crippen LogP contribution in [0.25, 0.3) is 0 Å². The minimum absolute atomic E-state index is 0. The summed E-state index contributed by atoms with van der Waals surface area (Å²) in [5.74, 6) is 0.394. The van der Waals surface area contributed by atoms with Gasteiger partial charge in [-0.15, -0.1) is 24.0 Å². The maximum absolute atomic E-state index is 9.85. The zero-order valence-corrected chi connectivity index (χ0v) is 17.7. The number of aliphatic imine (C=N–C) groups is 1. The zero-order valence-electron chi connectivity index (χ0n) is 15.3. The molecule has 6 heteroatoms. The highest BCUT2D eigenvalue weighted by atomic mass is 127. The highest BCUT2D eigenvalue weighted by Gasteiger charge is 2.04. The molecule has 0 radical (unpaired) electrons. The van der Waals surface area contributed by atoms with Gasteiger partial charge in [0.05, 0.1) is 25.9 Å². The first-order valence-corrected chi connectivity index (χ1v) is 9.06. The van der Waals surface area contributed by atoms with Crippen molar-refractivity contribution in [2.45, 2.75) is 58.2 Å². The smallest absolute Gasteiger partial charge is 0.188 e. The number of aliphatic hydroxyl groups excluding tert-OH is 1. The van der Waals surface area contributed by atoms with Gasteiger partial charge in [0, 0.05) is 6.54 Å². The number of guanidine groups is 1. The van der Waals surface area contributed by atoms with Crippen LogP contribution in [0, 0.1) is 0 Å². The van der Waals surface area contributed by atoms with Crippen molar-refractivity contribution in [2.75, 3.05) is 19.7 Å². The van der Waals surface area contributed by atoms with Gasteiger partial charge in [-0.1, -0.05) is 69.4 Å². The highest BCUT2D eigenvalue weighted by molar-refractivity contribution is 14.0. The van der Waals surface area contributed by atoms with Crippen LogP contribution in [0.5, 0.6) is 0 Å². The van der Waals surface area contributed by atoms with Gasteiger partial charge in [0.1, 0.15) is 0 Å². The molecule has 0 aliphatic carbocycles. The summed E-state index contributed by atoms with van der Waals surface area (Å²) in [6.07, 6.45) is 6.87. The third-order valence-corrected chi connectivity index (χ3v) is 3.73. The molecular weight excluding hydrogens is 429 g/mol. The summed E-state index contributed by atoms with van der Waals surface area (Å²) in [6.45, 7) is 4.06. The second kappa shape index (κ2) is 16.6. The number of aliphatic hydroxyl groups is 1. The molecule has 1 aromatic rings. The summed E-state index contributed by atoms with van der Waals surface area (Å²) in [5, 5.41) is 12.9. The third kappa shape index (κ3) is 14.0. The number of nitrogens with two attached hydrogens (primary N) is 1. The van der Waals surface area contributed by atoms with Gasteiger partial charge in [0.2, 0.25) is 0 Å². The van der Waals surface area contributed by atoms with Crippen LogP contribution in [0.4, 0.5) is 0 Å². The predicted molar refractivity (Wildman–Crippen MR) is 115 cm³/mol. The second-order valence-corrected chi connectivity index (χ2v) is 6.08. The van der Waals surface area contributed by atoms with E-state index in [0.717, 1.165) is 18.5 Å². The molecule has 4 N–H and O–H groups in total. The fraction of sp³-hybridized carbons (Fsp3) is 0.632. The number of nitrogens with zero attached hydrogens (tertiary/aromatic N) is 1. The van der Waals surface area contributed by atoms with Gasteiger partial charge in [-0.3, -0.25) is 4.99 Å². The summed E-state index contributed by atoms with van der Waals surface area (Å²) in [4.78, 5) is 4.15. The molecule has 1 aromatic carbocycles. The number of unbranched alkanes of at least 4 members (excludes halogenated alkanes) is 5. The van der Waals surface area contributed by atoms with Crippen molar-refractivity contribution in [3.63, 3.8) is 0 Å². The first-order chi connectivity index (χ1) is 11.7. The fourth-order valence-corrected chi connectivity index (χ4v) is 2.32. The molecule has 0 aromatic heterocycles. The molecule has 0 aliphatic heterocycles. The SMILES string of the molecule is CCCCCCCCNC(N)=NCC(O)COCc1ccccc1.I. The van der Waals surface area contributed by atoms with E-state index in [2.05, 4.69) is 17.2 Å². The summed E-state index contributed by atoms with van der Waals surface area (Å²) in [6, 6.07) is 9.89. The molecule has 0 fully saturated rings. The van der Waals surface area contributed by atoms with E-state index in [9.17, 15) is 5.11 Å². The Hall–Kier alpha value is -0.860. The van der Waals surface area contributed by atoms with Crippen molar-refractivity contribution in [3.05, 3.63) is 35.9 Å². The average molecular weight is 463 g/mol. The Labute approximate surface area is 169 Å². The molecule has 144 valence electrons. The van der Waals surface area contributed by atoms with Crippen LogP contribution >= 0.6 is 24.0 Å². The topological polar surface area (TPSA) is 79.9 Å². The minimum atomic E-state index is -0.636. The standard InChI is InChI=1S/C19H33N3O2.HI/c1-2-3-4-5-6-10-13-21-19(20)22-14-18(23)16-24-15-17-11-8-7-9-12-17;/h7-9,11-12,18,23H,2-6,10,13-16H2,1H3,(H3,20,21,22);1H. The highest BCUT2D eigenvalue weighted by Crippen LogP contribution is 2.04. The normalized spacial score (nSPS) is 12.5. The van der Waals surface area contributed by atoms with Gasteiger partial charge in [0.25, 0.3) is 0 Å². The lowest BCUT2D eigenvalue weighted by atomic mass is 10.1. The molecule has 1 unspecified atom stereocenters. The Morgan fingerprint density at radius 2 is 1.84 bits per heavy atom. The second-order valence-electron chi connectivity index (χ2n) is 6.08. The largest absolute Gasteiger partial charge is 0.389 e. The van der Waals surface area contributed by atoms with Crippen LogP contribution < -0.4 is 11.1 Å². The lowest BCUT2D eigenvalue weighted by Crippen LogP contribution is -2.33. The zero-order chi connectivity index (χ0) is 17.5. The van der Waals surface area contributed by atoms with Gasteiger partial charge in [-0.2, -0.15) is 0 Å². The molecule has 0 saturated heterocycles. The number of hydrogen-bond acceptors (Lipinski definition) is 3. The van der Waals surface area contributed by atoms with Crippen molar-refractivity contribution in [2.24, 2.45) is 10.7 Å². The lowest BCUT2D eigenvalue weighted by Gasteiger charge is -2.10. The fourth-order valence-electron chi connectivity index (χ4n) is 2.32. The van der Waals surface area contributed by atoms with Crippen LogP contribution in [0.15, 0.2) is 35.3 Å². The van der Waals surface area contributed by atoms with Gasteiger partial charge in [-0.05, 0) is 12.0 Å². The molecule has 0 bridgehead atoms. The molecule has 0 spiro atoms. The Balaban J connectivity index is 0.00000576. The molecule has 0 heterocycles. The maximum Gasteiger partial charge on any atom is 0.188 e. The molecule has 0 amide bonds. The van der Waals surface area contributed by atoms with Crippen LogP contribution in [0.2, 0.25) is 0 Å². The Kier molecular flexibility index (Phi) is 16.0. The summed E-state index contributed by atoms with van der Waals surface area (Å²) in [5.41, 5.74) is 6.88. The van der Waals surface area contributed by atoms with E-state index in [0.29, 0.717) is 12.6 Å².